The van der Waals surface area contributed by atoms with Crippen LogP contribution in [-0.4, -0.2) is 41.0 Å². The Balaban J connectivity index is 1.57. The fraction of sp³-hybridized carbons (Fsp3) is 0.480. The molecular formula is C25H34N2O4. The summed E-state index contributed by atoms with van der Waals surface area (Å²) in [5.74, 6) is 0.505. The van der Waals surface area contributed by atoms with E-state index in [2.05, 4.69) is 23.2 Å². The van der Waals surface area contributed by atoms with Crippen molar-refractivity contribution < 1.29 is 19.4 Å². The fourth-order valence-electron chi connectivity index (χ4n) is 3.64. The maximum atomic E-state index is 11.3. The Morgan fingerprint density at radius 3 is 2.65 bits per heavy atom. The molecule has 0 amide bonds. The Kier molecular flexibility index (Phi) is 7.80. The smallest absolute Gasteiger partial charge is 0.347 e. The van der Waals surface area contributed by atoms with Gasteiger partial charge in [0.25, 0.3) is 0 Å². The minimum absolute atomic E-state index is 0.139. The van der Waals surface area contributed by atoms with Crippen LogP contribution in [0, 0.1) is 0 Å². The highest BCUT2D eigenvalue weighted by molar-refractivity contribution is 5.76. The Labute approximate surface area is 185 Å². The first kappa shape index (κ1) is 22.9. The molecule has 2 N–H and O–H groups in total. The first-order valence-electron chi connectivity index (χ1n) is 11.2. The van der Waals surface area contributed by atoms with E-state index in [4.69, 9.17) is 9.47 Å². The summed E-state index contributed by atoms with van der Waals surface area (Å²) in [5, 5.41) is 12.8. The van der Waals surface area contributed by atoms with Crippen molar-refractivity contribution in [3.8, 4) is 11.5 Å². The maximum Gasteiger partial charge on any atom is 0.347 e. The molecule has 3 rings (SSSR count). The van der Waals surface area contributed by atoms with E-state index in [0.717, 1.165) is 49.4 Å². The quantitative estimate of drug-likeness (QED) is 0.458. The molecule has 31 heavy (non-hydrogen) atoms. The molecule has 1 aliphatic heterocycles. The summed E-state index contributed by atoms with van der Waals surface area (Å²) in [6.07, 6.45) is 5.24. The monoisotopic (exact) mass is 426 g/mol. The largest absolute Gasteiger partial charge is 0.478 e. The highest BCUT2D eigenvalue weighted by Gasteiger charge is 2.29. The van der Waals surface area contributed by atoms with Gasteiger partial charge in [-0.05, 0) is 62.9 Å². The molecule has 0 aromatic heterocycles. The lowest BCUT2D eigenvalue weighted by atomic mass is 10.1. The summed E-state index contributed by atoms with van der Waals surface area (Å²) in [5.41, 5.74) is 0.921. The molecule has 6 nitrogen and oxygen atoms in total. The third kappa shape index (κ3) is 6.37. The molecule has 1 aliphatic rings. The number of carboxylic acids is 1. The summed E-state index contributed by atoms with van der Waals surface area (Å²) < 4.78 is 11.8. The van der Waals surface area contributed by atoms with Gasteiger partial charge in [-0.15, -0.1) is 0 Å². The highest BCUT2D eigenvalue weighted by atomic mass is 16.5. The Hall–Kier alpha value is -2.73. The predicted octanol–water partition coefficient (Wildman–Crippen LogP) is 5.14. The van der Waals surface area contributed by atoms with Crippen LogP contribution >= 0.6 is 0 Å². The second kappa shape index (κ2) is 10.5. The zero-order valence-corrected chi connectivity index (χ0v) is 18.8. The molecule has 0 fully saturated rings. The van der Waals surface area contributed by atoms with E-state index in [1.54, 1.807) is 19.9 Å². The van der Waals surface area contributed by atoms with Gasteiger partial charge in [-0.3, -0.25) is 4.90 Å². The third-order valence-electron chi connectivity index (χ3n) is 5.48. The van der Waals surface area contributed by atoms with Crippen LogP contribution in [0.25, 0.3) is 0 Å². The number of fused-ring (bicyclic) bond motifs is 1. The Morgan fingerprint density at radius 1 is 1.13 bits per heavy atom. The average Bonchev–Trinajstić information content (AvgIpc) is 3.17. The number of carboxylic acid groups (broad SMARTS) is 1. The number of rotatable bonds is 12. The van der Waals surface area contributed by atoms with E-state index < -0.39 is 11.6 Å². The van der Waals surface area contributed by atoms with Gasteiger partial charge < -0.3 is 19.9 Å². The molecule has 1 heterocycles. The van der Waals surface area contributed by atoms with Crippen molar-refractivity contribution >= 4 is 11.7 Å². The van der Waals surface area contributed by atoms with Gasteiger partial charge in [0.05, 0.1) is 5.69 Å². The lowest BCUT2D eigenvalue weighted by molar-refractivity contribution is -0.152. The summed E-state index contributed by atoms with van der Waals surface area (Å²) >= 11 is 0. The number of hydrogen-bond donors (Lipinski definition) is 2. The van der Waals surface area contributed by atoms with E-state index in [9.17, 15) is 9.90 Å². The first-order valence-corrected chi connectivity index (χ1v) is 11.2. The second-order valence-electron chi connectivity index (χ2n) is 8.52. The minimum Gasteiger partial charge on any atom is -0.478 e. The number of carbonyl (C=O) groups is 1. The van der Waals surface area contributed by atoms with E-state index in [-0.39, 0.29) is 6.35 Å². The molecule has 0 radical (unpaired) electrons. The van der Waals surface area contributed by atoms with Crippen molar-refractivity contribution in [3.05, 3.63) is 54.1 Å². The topological polar surface area (TPSA) is 71.0 Å². The van der Waals surface area contributed by atoms with Gasteiger partial charge in [0.1, 0.15) is 11.5 Å². The van der Waals surface area contributed by atoms with E-state index in [1.807, 2.05) is 36.4 Å². The van der Waals surface area contributed by atoms with Gasteiger partial charge in [-0.25, -0.2) is 4.79 Å². The Bertz CT molecular complexity index is 843. The number of anilines is 1. The average molecular weight is 427 g/mol. The van der Waals surface area contributed by atoms with Crippen LogP contribution in [0.15, 0.2) is 48.5 Å². The van der Waals surface area contributed by atoms with Crippen molar-refractivity contribution in [3.63, 3.8) is 0 Å². The first-order chi connectivity index (χ1) is 14.9. The Morgan fingerprint density at radius 2 is 1.90 bits per heavy atom. The number of para-hydroxylation sites is 2. The number of aliphatic carboxylic acids is 1. The van der Waals surface area contributed by atoms with Gasteiger partial charge in [0.15, 0.2) is 5.60 Å². The highest BCUT2D eigenvalue weighted by Crippen LogP contribution is 2.32. The lowest BCUT2D eigenvalue weighted by Gasteiger charge is -2.28. The van der Waals surface area contributed by atoms with Gasteiger partial charge in [-0.2, -0.15) is 0 Å². The second-order valence-corrected chi connectivity index (χ2v) is 8.52. The van der Waals surface area contributed by atoms with Gasteiger partial charge >= 0.3 is 5.97 Å². The zero-order chi connectivity index (χ0) is 22.3. The SMILES string of the molecule is CCCCCN(CCCc1cccc(OC(C)(C)C(=O)O)c1)C1Nc2ccccc2O1. The van der Waals surface area contributed by atoms with Gasteiger partial charge in [0, 0.05) is 13.1 Å². The zero-order valence-electron chi connectivity index (χ0n) is 18.8. The van der Waals surface area contributed by atoms with E-state index in [1.165, 1.54) is 12.8 Å². The maximum absolute atomic E-state index is 11.3. The molecule has 2 aromatic carbocycles. The number of hydrogen-bond acceptors (Lipinski definition) is 5. The molecule has 0 bridgehead atoms. The van der Waals surface area contributed by atoms with E-state index in [0.29, 0.717) is 5.75 Å². The summed E-state index contributed by atoms with van der Waals surface area (Å²) in [4.78, 5) is 13.7. The fourth-order valence-corrected chi connectivity index (χ4v) is 3.64. The summed E-state index contributed by atoms with van der Waals surface area (Å²) in [7, 11) is 0. The van der Waals surface area contributed by atoms with Gasteiger partial charge in [-0.1, -0.05) is 44.0 Å². The molecule has 1 atom stereocenters. The molecule has 1 unspecified atom stereocenters. The standard InChI is InChI=1S/C25H34N2O4/c1-4-5-8-16-27(24-26-21-14-6-7-15-22(21)30-24)17-10-12-19-11-9-13-20(18-19)31-25(2,3)23(28)29/h6-7,9,11,13-15,18,24,26H,4-5,8,10,12,16-17H2,1-3H3,(H,28,29). The van der Waals surface area contributed by atoms with Crippen molar-refractivity contribution in [2.24, 2.45) is 0 Å². The van der Waals surface area contributed by atoms with E-state index >= 15 is 0 Å². The predicted molar refractivity (Wildman–Crippen MR) is 123 cm³/mol. The minimum atomic E-state index is -1.25. The molecule has 0 spiro atoms. The number of nitrogens with zero attached hydrogens (tertiary/aromatic N) is 1. The molecule has 0 aliphatic carbocycles. The van der Waals surface area contributed by atoms with Crippen molar-refractivity contribution in [1.29, 1.82) is 0 Å². The van der Waals surface area contributed by atoms with Crippen LogP contribution in [0.4, 0.5) is 5.69 Å². The van der Waals surface area contributed by atoms with Crippen LogP contribution in [0.5, 0.6) is 11.5 Å². The number of aryl methyl sites for hydroxylation is 1. The summed E-state index contributed by atoms with van der Waals surface area (Å²) in [6, 6.07) is 15.8. The lowest BCUT2D eigenvalue weighted by Crippen LogP contribution is -2.43. The number of ether oxygens (including phenoxy) is 2. The molecule has 6 heteroatoms. The normalized spacial score (nSPS) is 15.3. The summed E-state index contributed by atoms with van der Waals surface area (Å²) in [6.45, 7) is 7.22. The number of unbranched alkanes of at least 4 members (excludes halogenated alkanes) is 2. The number of benzene rings is 2. The van der Waals surface area contributed by atoms with Crippen molar-refractivity contribution in [2.75, 3.05) is 18.4 Å². The van der Waals surface area contributed by atoms with Crippen LogP contribution in [0.3, 0.4) is 0 Å². The molecular weight excluding hydrogens is 392 g/mol. The van der Waals surface area contributed by atoms with Crippen molar-refractivity contribution in [1.82, 2.24) is 4.90 Å². The van der Waals surface area contributed by atoms with Crippen LogP contribution < -0.4 is 14.8 Å². The molecule has 2 aromatic rings. The molecule has 0 saturated carbocycles. The molecule has 0 saturated heterocycles. The van der Waals surface area contributed by atoms with Crippen LogP contribution in [0.1, 0.15) is 52.0 Å². The van der Waals surface area contributed by atoms with Gasteiger partial charge in [0.2, 0.25) is 6.35 Å². The van der Waals surface area contributed by atoms with Crippen LogP contribution in [0.2, 0.25) is 0 Å². The van der Waals surface area contributed by atoms with Crippen molar-refractivity contribution in [2.45, 2.75) is 64.8 Å². The number of nitrogens with one attached hydrogen (secondary N) is 1. The molecule has 168 valence electrons. The van der Waals surface area contributed by atoms with Crippen LogP contribution in [-0.2, 0) is 11.2 Å². The third-order valence-corrected chi connectivity index (χ3v) is 5.48.